The summed E-state index contributed by atoms with van der Waals surface area (Å²) < 4.78 is 82.6. The lowest BCUT2D eigenvalue weighted by molar-refractivity contribution is -0.293. The van der Waals surface area contributed by atoms with Crippen molar-refractivity contribution in [1.82, 2.24) is 0 Å². The second-order valence-corrected chi connectivity index (χ2v) is 6.00. The van der Waals surface area contributed by atoms with Crippen LogP contribution in [0.25, 0.3) is 0 Å². The van der Waals surface area contributed by atoms with Crippen molar-refractivity contribution in [2.24, 2.45) is 5.92 Å². The van der Waals surface area contributed by atoms with Gasteiger partial charge in [0, 0.05) is 18.4 Å². The lowest BCUT2D eigenvalue weighted by Crippen LogP contribution is -2.47. The number of hydrogen-bond acceptors (Lipinski definition) is 4. The van der Waals surface area contributed by atoms with Crippen LogP contribution in [0.15, 0.2) is 12.1 Å². The molecule has 0 amide bonds. The molecule has 0 bridgehead atoms. The number of carbonyl (C=O) groups is 1. The summed E-state index contributed by atoms with van der Waals surface area (Å²) in [7, 11) is 1.06. The predicted molar refractivity (Wildman–Crippen MR) is 75.9 cm³/mol. The Labute approximate surface area is 140 Å². The van der Waals surface area contributed by atoms with E-state index in [-0.39, 0.29) is 5.56 Å². The Bertz CT molecular complexity index is 675. The van der Waals surface area contributed by atoms with Crippen molar-refractivity contribution in [3.8, 4) is 5.75 Å². The smallest absolute Gasteiger partial charge is 0.417 e. The van der Waals surface area contributed by atoms with Crippen LogP contribution >= 0.6 is 0 Å². The highest BCUT2D eigenvalue weighted by Crippen LogP contribution is 2.54. The third-order valence-corrected chi connectivity index (χ3v) is 4.55. The summed E-state index contributed by atoms with van der Waals surface area (Å²) in [5.74, 6) is -6.44. The van der Waals surface area contributed by atoms with Crippen LogP contribution in [0, 0.1) is 17.6 Å². The van der Waals surface area contributed by atoms with Crippen molar-refractivity contribution in [1.29, 1.82) is 0 Å². The summed E-state index contributed by atoms with van der Waals surface area (Å²) >= 11 is 0. The van der Waals surface area contributed by atoms with Crippen LogP contribution in [0.1, 0.15) is 32.3 Å². The molecule has 1 aliphatic heterocycles. The van der Waals surface area contributed by atoms with Crippen molar-refractivity contribution >= 4 is 5.97 Å². The molecule has 0 N–H and O–H groups in total. The van der Waals surface area contributed by atoms with E-state index in [2.05, 4.69) is 0 Å². The Morgan fingerprint density at radius 2 is 1.88 bits per heavy atom. The Kier molecular flexibility index (Phi) is 5.00. The monoisotopic (exact) mass is 368 g/mol. The molecule has 4 atom stereocenters. The first-order valence-corrected chi connectivity index (χ1v) is 7.37. The summed E-state index contributed by atoms with van der Waals surface area (Å²) in [5, 5.41) is 0. The molecule has 2 rings (SSSR count). The third kappa shape index (κ3) is 3.17. The lowest BCUT2D eigenvalue weighted by atomic mass is 9.79. The molecule has 25 heavy (non-hydrogen) atoms. The Balaban J connectivity index is 2.60. The van der Waals surface area contributed by atoms with Crippen molar-refractivity contribution < 1.29 is 41.0 Å². The van der Waals surface area contributed by atoms with Crippen LogP contribution < -0.4 is 4.74 Å². The largest absolute Gasteiger partial charge is 0.493 e. The van der Waals surface area contributed by atoms with E-state index in [4.69, 9.17) is 14.2 Å². The van der Waals surface area contributed by atoms with Gasteiger partial charge in [0.1, 0.15) is 0 Å². The number of hydrogen-bond donors (Lipinski definition) is 0. The molecule has 0 spiro atoms. The molecule has 1 saturated heterocycles. The van der Waals surface area contributed by atoms with Crippen LogP contribution in [0.4, 0.5) is 22.0 Å². The number of ether oxygens (including phenoxy) is 3. The van der Waals surface area contributed by atoms with Gasteiger partial charge < -0.3 is 14.2 Å². The molecule has 0 radical (unpaired) electrons. The number of rotatable bonds is 3. The van der Waals surface area contributed by atoms with Crippen molar-refractivity contribution in [2.75, 3.05) is 7.11 Å². The first kappa shape index (κ1) is 19.4. The van der Waals surface area contributed by atoms with E-state index < -0.39 is 53.3 Å². The molecule has 0 saturated carbocycles. The number of carbonyl (C=O) groups excluding carboxylic acids is 1. The molecule has 1 heterocycles. The average Bonchev–Trinajstić information content (AvgIpc) is 2.73. The molecule has 0 aromatic heterocycles. The second kappa shape index (κ2) is 6.44. The average molecular weight is 368 g/mol. The molecular weight excluding hydrogens is 351 g/mol. The number of methoxy groups -OCH3 is 1. The van der Waals surface area contributed by atoms with E-state index in [1.54, 1.807) is 0 Å². The minimum Gasteiger partial charge on any atom is -0.493 e. The number of halogens is 5. The topological polar surface area (TPSA) is 44.8 Å². The predicted octanol–water partition coefficient (Wildman–Crippen LogP) is 3.93. The molecule has 9 heteroatoms. The fourth-order valence-corrected chi connectivity index (χ4v) is 3.02. The quantitative estimate of drug-likeness (QED) is 0.599. The molecule has 1 fully saturated rings. The fourth-order valence-electron chi connectivity index (χ4n) is 3.02. The van der Waals surface area contributed by atoms with Gasteiger partial charge >= 0.3 is 12.1 Å². The SMILES string of the molecule is COc1c([C@H]2C(OC(C)=O)O[C@@](C)(C(F)(F)F)[C@H]2C)ccc(F)c1F. The minimum atomic E-state index is -4.77. The fraction of sp³-hybridized carbons (Fsp3) is 0.562. The Morgan fingerprint density at radius 3 is 2.36 bits per heavy atom. The summed E-state index contributed by atoms with van der Waals surface area (Å²) in [6, 6.07) is 1.87. The van der Waals surface area contributed by atoms with E-state index in [1.807, 2.05) is 0 Å². The normalized spacial score (nSPS) is 29.6. The van der Waals surface area contributed by atoms with Crippen molar-refractivity contribution in [3.05, 3.63) is 29.3 Å². The van der Waals surface area contributed by atoms with Crippen molar-refractivity contribution in [2.45, 2.75) is 44.8 Å². The highest BCUT2D eigenvalue weighted by molar-refractivity contribution is 5.66. The molecule has 1 aromatic rings. The second-order valence-electron chi connectivity index (χ2n) is 6.00. The highest BCUT2D eigenvalue weighted by Gasteiger charge is 2.65. The zero-order valence-corrected chi connectivity index (χ0v) is 13.9. The lowest BCUT2D eigenvalue weighted by Gasteiger charge is -2.31. The van der Waals surface area contributed by atoms with Gasteiger partial charge in [0.05, 0.1) is 13.0 Å². The van der Waals surface area contributed by atoms with Crippen molar-refractivity contribution in [3.63, 3.8) is 0 Å². The van der Waals surface area contributed by atoms with Gasteiger partial charge in [-0.3, -0.25) is 4.79 Å². The van der Waals surface area contributed by atoms with Gasteiger partial charge in [-0.1, -0.05) is 13.0 Å². The maximum Gasteiger partial charge on any atom is 0.417 e. The summed E-state index contributed by atoms with van der Waals surface area (Å²) in [6.07, 6.45) is -6.40. The van der Waals surface area contributed by atoms with Crippen LogP contribution in [-0.2, 0) is 14.3 Å². The van der Waals surface area contributed by atoms with Crippen LogP contribution in [-0.4, -0.2) is 31.1 Å². The van der Waals surface area contributed by atoms with Gasteiger partial charge in [-0.05, 0) is 13.0 Å². The third-order valence-electron chi connectivity index (χ3n) is 4.55. The molecule has 0 aliphatic carbocycles. The van der Waals surface area contributed by atoms with E-state index in [0.717, 1.165) is 33.1 Å². The first-order chi connectivity index (χ1) is 11.4. The molecular formula is C16H17F5O4. The first-order valence-electron chi connectivity index (χ1n) is 7.37. The highest BCUT2D eigenvalue weighted by atomic mass is 19.4. The maximum absolute atomic E-state index is 14.0. The number of alkyl halides is 3. The van der Waals surface area contributed by atoms with E-state index >= 15 is 0 Å². The van der Waals surface area contributed by atoms with Gasteiger partial charge in [-0.25, -0.2) is 4.39 Å². The van der Waals surface area contributed by atoms with Gasteiger partial charge in [-0.2, -0.15) is 17.6 Å². The standard InChI is InChI=1S/C16H17F5O4/c1-7-11(9-5-6-10(17)12(18)13(9)23-4)14(24-8(2)22)25-15(7,3)16(19,20)21/h5-7,11,14H,1-4H3/t7-,11-,14?,15+/m0/s1. The summed E-state index contributed by atoms with van der Waals surface area (Å²) in [5.41, 5.74) is -2.72. The molecule has 1 unspecified atom stereocenters. The van der Waals surface area contributed by atoms with E-state index in [1.165, 1.54) is 6.92 Å². The van der Waals surface area contributed by atoms with Gasteiger partial charge in [0.25, 0.3) is 0 Å². The Hall–Kier alpha value is -1.90. The molecule has 1 aliphatic rings. The molecule has 140 valence electrons. The van der Waals surface area contributed by atoms with E-state index in [0.29, 0.717) is 0 Å². The molecule has 4 nitrogen and oxygen atoms in total. The van der Waals surface area contributed by atoms with Gasteiger partial charge in [0.15, 0.2) is 17.2 Å². The van der Waals surface area contributed by atoms with Gasteiger partial charge in [0.2, 0.25) is 12.1 Å². The van der Waals surface area contributed by atoms with Crippen LogP contribution in [0.5, 0.6) is 5.75 Å². The van der Waals surface area contributed by atoms with Gasteiger partial charge in [-0.15, -0.1) is 0 Å². The number of esters is 1. The summed E-state index contributed by atoms with van der Waals surface area (Å²) in [6.45, 7) is 3.07. The number of benzene rings is 1. The minimum absolute atomic E-state index is 0.0758. The molecule has 1 aromatic carbocycles. The zero-order valence-electron chi connectivity index (χ0n) is 13.9. The summed E-state index contributed by atoms with van der Waals surface area (Å²) in [4.78, 5) is 11.3. The van der Waals surface area contributed by atoms with Crippen LogP contribution in [0.2, 0.25) is 0 Å². The van der Waals surface area contributed by atoms with E-state index in [9.17, 15) is 26.7 Å². The maximum atomic E-state index is 14.0. The van der Waals surface area contributed by atoms with Crippen LogP contribution in [0.3, 0.4) is 0 Å². The Morgan fingerprint density at radius 1 is 1.28 bits per heavy atom. The zero-order chi connectivity index (χ0) is 19.2.